The van der Waals surface area contributed by atoms with Crippen LogP contribution in [0.1, 0.15) is 45.1 Å². The zero-order valence-corrected chi connectivity index (χ0v) is 20.1. The standard InChI is InChI=1S/C23H28N4O5S/c1-13-21(14(2)32-25-13)15-9-19-18(7-6-8-24-19)20(10-15)33(30,31)26-16-11-17(12-16)27(22(28)29)23(3,4)5/h6-10,16-17,26H,11-12H2,1-5H3,(H,28,29). The number of rotatable bonds is 5. The SMILES string of the molecule is Cc1noc(C)c1-c1cc(S(=O)(=O)NC2CC(N(C(=O)O)C(C)(C)C)C2)c2cccnc2c1. The Bertz CT molecular complexity index is 1300. The van der Waals surface area contributed by atoms with Crippen LogP contribution in [0.5, 0.6) is 0 Å². The topological polar surface area (TPSA) is 126 Å². The maximum atomic E-state index is 13.4. The third-order valence-corrected chi connectivity index (χ3v) is 7.58. The summed E-state index contributed by atoms with van der Waals surface area (Å²) >= 11 is 0. The van der Waals surface area contributed by atoms with Crippen molar-refractivity contribution < 1.29 is 22.8 Å². The molecule has 0 spiro atoms. The average Bonchev–Trinajstić information content (AvgIpc) is 3.02. The maximum Gasteiger partial charge on any atom is 0.407 e. The minimum absolute atomic E-state index is 0.123. The lowest BCUT2D eigenvalue weighted by atomic mass is 9.84. The normalized spacial score (nSPS) is 18.8. The smallest absolute Gasteiger partial charge is 0.407 e. The molecule has 0 radical (unpaired) electrons. The highest BCUT2D eigenvalue weighted by atomic mass is 32.2. The molecule has 0 bridgehead atoms. The molecule has 3 aromatic rings. The van der Waals surface area contributed by atoms with Gasteiger partial charge in [-0.25, -0.2) is 17.9 Å². The minimum atomic E-state index is -3.90. The number of hydrogen-bond acceptors (Lipinski definition) is 6. The van der Waals surface area contributed by atoms with Crippen molar-refractivity contribution in [3.63, 3.8) is 0 Å². The van der Waals surface area contributed by atoms with Crippen LogP contribution in [0.15, 0.2) is 39.9 Å². The number of aromatic nitrogens is 2. The number of pyridine rings is 1. The van der Waals surface area contributed by atoms with Gasteiger partial charge in [0.1, 0.15) is 5.76 Å². The predicted molar refractivity (Wildman–Crippen MR) is 123 cm³/mol. The molecule has 10 heteroatoms. The quantitative estimate of drug-likeness (QED) is 0.573. The average molecular weight is 473 g/mol. The monoisotopic (exact) mass is 472 g/mol. The van der Waals surface area contributed by atoms with Crippen molar-refractivity contribution >= 4 is 27.0 Å². The van der Waals surface area contributed by atoms with Crippen LogP contribution in [0.4, 0.5) is 4.79 Å². The van der Waals surface area contributed by atoms with Crippen molar-refractivity contribution in [1.82, 2.24) is 19.8 Å². The summed E-state index contributed by atoms with van der Waals surface area (Å²) in [6, 6.07) is 6.29. The van der Waals surface area contributed by atoms with Gasteiger partial charge >= 0.3 is 6.09 Å². The van der Waals surface area contributed by atoms with Crippen molar-refractivity contribution in [3.05, 3.63) is 41.9 Å². The number of fused-ring (bicyclic) bond motifs is 1. The minimum Gasteiger partial charge on any atom is -0.465 e. The summed E-state index contributed by atoms with van der Waals surface area (Å²) in [6.07, 6.45) is 1.45. The van der Waals surface area contributed by atoms with Crippen LogP contribution in [0.2, 0.25) is 0 Å². The lowest BCUT2D eigenvalue weighted by Gasteiger charge is -2.47. The largest absolute Gasteiger partial charge is 0.465 e. The van der Waals surface area contributed by atoms with Crippen LogP contribution < -0.4 is 4.72 Å². The fourth-order valence-corrected chi connectivity index (χ4v) is 6.08. The molecular formula is C23H28N4O5S. The van der Waals surface area contributed by atoms with Gasteiger partial charge in [-0.15, -0.1) is 0 Å². The molecule has 1 fully saturated rings. The number of carbonyl (C=O) groups is 1. The Balaban J connectivity index is 1.66. The Kier molecular flexibility index (Phi) is 5.69. The Morgan fingerprint density at radius 1 is 1.24 bits per heavy atom. The Hall–Kier alpha value is -2.98. The number of carboxylic acid groups (broad SMARTS) is 1. The number of aryl methyl sites for hydroxylation is 2. The number of nitrogens with one attached hydrogen (secondary N) is 1. The number of benzene rings is 1. The van der Waals surface area contributed by atoms with Gasteiger partial charge in [0.05, 0.1) is 16.1 Å². The molecule has 4 rings (SSSR count). The summed E-state index contributed by atoms with van der Waals surface area (Å²) in [5, 5.41) is 14.1. The Morgan fingerprint density at radius 2 is 1.94 bits per heavy atom. The van der Waals surface area contributed by atoms with Crippen molar-refractivity contribution in [2.24, 2.45) is 0 Å². The highest BCUT2D eigenvalue weighted by Gasteiger charge is 2.42. The van der Waals surface area contributed by atoms with Gasteiger partial charge in [-0.05, 0) is 77.3 Å². The van der Waals surface area contributed by atoms with Gasteiger partial charge in [0, 0.05) is 34.8 Å². The van der Waals surface area contributed by atoms with Gasteiger partial charge in [-0.2, -0.15) is 0 Å². The molecule has 2 heterocycles. The van der Waals surface area contributed by atoms with E-state index in [0.717, 1.165) is 5.56 Å². The maximum absolute atomic E-state index is 13.4. The predicted octanol–water partition coefficient (Wildman–Crippen LogP) is 4.09. The molecule has 33 heavy (non-hydrogen) atoms. The van der Waals surface area contributed by atoms with E-state index >= 15 is 0 Å². The van der Waals surface area contributed by atoms with Gasteiger partial charge in [0.15, 0.2) is 0 Å². The van der Waals surface area contributed by atoms with Crippen LogP contribution in [-0.4, -0.2) is 52.3 Å². The Labute approximate surface area is 192 Å². The van der Waals surface area contributed by atoms with E-state index in [1.807, 2.05) is 26.8 Å². The van der Waals surface area contributed by atoms with E-state index in [0.29, 0.717) is 40.8 Å². The van der Waals surface area contributed by atoms with E-state index in [9.17, 15) is 18.3 Å². The summed E-state index contributed by atoms with van der Waals surface area (Å²) in [6.45, 7) is 9.08. The van der Waals surface area contributed by atoms with Crippen molar-refractivity contribution in [1.29, 1.82) is 0 Å². The number of amides is 1. The summed E-state index contributed by atoms with van der Waals surface area (Å²) in [7, 11) is -3.90. The highest BCUT2D eigenvalue weighted by Crippen LogP contribution is 2.35. The van der Waals surface area contributed by atoms with E-state index in [-0.39, 0.29) is 17.0 Å². The molecule has 2 N–H and O–H groups in total. The van der Waals surface area contributed by atoms with Crippen LogP contribution in [0.3, 0.4) is 0 Å². The fourth-order valence-electron chi connectivity index (χ4n) is 4.58. The van der Waals surface area contributed by atoms with E-state index in [1.165, 1.54) is 4.90 Å². The first kappa shape index (κ1) is 23.2. The van der Waals surface area contributed by atoms with Gasteiger partial charge in [0.2, 0.25) is 10.0 Å². The van der Waals surface area contributed by atoms with Crippen molar-refractivity contribution in [2.75, 3.05) is 0 Å². The molecule has 0 aliphatic heterocycles. The van der Waals surface area contributed by atoms with Crippen molar-refractivity contribution in [2.45, 2.75) is 70.0 Å². The first-order chi connectivity index (χ1) is 15.4. The lowest BCUT2D eigenvalue weighted by Crippen LogP contribution is -2.60. The third kappa shape index (κ3) is 4.32. The summed E-state index contributed by atoms with van der Waals surface area (Å²) in [5.41, 5.74) is 2.05. The second kappa shape index (κ2) is 8.11. The van der Waals surface area contributed by atoms with Crippen LogP contribution in [-0.2, 0) is 10.0 Å². The first-order valence-electron chi connectivity index (χ1n) is 10.7. The molecule has 0 atom stereocenters. The van der Waals surface area contributed by atoms with Crippen LogP contribution in [0, 0.1) is 13.8 Å². The van der Waals surface area contributed by atoms with E-state index < -0.39 is 21.7 Å². The zero-order valence-electron chi connectivity index (χ0n) is 19.3. The van der Waals surface area contributed by atoms with Crippen LogP contribution >= 0.6 is 0 Å². The van der Waals surface area contributed by atoms with Gasteiger partial charge in [-0.3, -0.25) is 4.98 Å². The summed E-state index contributed by atoms with van der Waals surface area (Å²) in [5.74, 6) is 0.594. The summed E-state index contributed by atoms with van der Waals surface area (Å²) < 4.78 is 34.9. The molecule has 1 aromatic carbocycles. The van der Waals surface area contributed by atoms with E-state index in [2.05, 4.69) is 14.9 Å². The van der Waals surface area contributed by atoms with E-state index in [4.69, 9.17) is 4.52 Å². The zero-order chi connectivity index (χ0) is 24.1. The second-order valence-electron chi connectivity index (χ2n) is 9.51. The van der Waals surface area contributed by atoms with Gasteiger partial charge in [0.25, 0.3) is 0 Å². The van der Waals surface area contributed by atoms with E-state index in [1.54, 1.807) is 38.2 Å². The fraction of sp³-hybridized carbons (Fsp3) is 0.435. The lowest BCUT2D eigenvalue weighted by molar-refractivity contribution is 0.0327. The third-order valence-electron chi connectivity index (χ3n) is 6.02. The highest BCUT2D eigenvalue weighted by molar-refractivity contribution is 7.89. The Morgan fingerprint density at radius 3 is 2.52 bits per heavy atom. The first-order valence-corrected chi connectivity index (χ1v) is 12.2. The molecule has 1 amide bonds. The number of hydrogen-bond donors (Lipinski definition) is 2. The molecule has 1 aliphatic carbocycles. The second-order valence-corrected chi connectivity index (χ2v) is 11.2. The molecule has 0 saturated heterocycles. The molecule has 176 valence electrons. The van der Waals surface area contributed by atoms with Gasteiger partial charge in [-0.1, -0.05) is 5.16 Å². The van der Waals surface area contributed by atoms with Crippen molar-refractivity contribution in [3.8, 4) is 11.1 Å². The molecule has 2 aromatic heterocycles. The molecule has 1 aliphatic rings. The van der Waals surface area contributed by atoms with Gasteiger partial charge < -0.3 is 14.5 Å². The molecule has 0 unspecified atom stereocenters. The van der Waals surface area contributed by atoms with Crippen LogP contribution in [0.25, 0.3) is 22.0 Å². The molecule has 1 saturated carbocycles. The number of sulfonamides is 1. The summed E-state index contributed by atoms with van der Waals surface area (Å²) in [4.78, 5) is 17.6. The molecule has 9 nitrogen and oxygen atoms in total. The molecular weight excluding hydrogens is 444 g/mol. The number of nitrogens with zero attached hydrogens (tertiary/aromatic N) is 3.